The van der Waals surface area contributed by atoms with Crippen molar-refractivity contribution in [1.29, 1.82) is 0 Å². The number of nitrogens with one attached hydrogen (secondary N) is 1. The van der Waals surface area contributed by atoms with Gasteiger partial charge >= 0.3 is 0 Å². The molecule has 1 aromatic heterocycles. The minimum atomic E-state index is -0.171. The Morgan fingerprint density at radius 3 is 2.58 bits per heavy atom. The maximum atomic E-state index is 12.4. The number of pyridine rings is 1. The molecule has 128 valence electrons. The van der Waals surface area contributed by atoms with Crippen molar-refractivity contribution < 1.29 is 14.3 Å². The summed E-state index contributed by atoms with van der Waals surface area (Å²) < 4.78 is 10.4. The fourth-order valence-electron chi connectivity index (χ4n) is 2.33. The summed E-state index contributed by atoms with van der Waals surface area (Å²) in [6, 6.07) is 11.3. The minimum Gasteiger partial charge on any atom is -0.496 e. The molecule has 0 aliphatic heterocycles. The molecule has 0 saturated carbocycles. The van der Waals surface area contributed by atoms with E-state index in [1.807, 2.05) is 49.3 Å². The average molecular weight is 329 g/mol. The van der Waals surface area contributed by atoms with Crippen LogP contribution in [0.3, 0.4) is 0 Å². The Kier molecular flexibility index (Phi) is 6.14. The molecule has 2 rings (SSSR count). The number of aromatic nitrogens is 1. The second-order valence-electron chi connectivity index (χ2n) is 5.41. The maximum Gasteiger partial charge on any atom is 0.255 e. The quantitative estimate of drug-likeness (QED) is 0.789. The number of rotatable bonds is 7. The molecule has 0 unspecified atom stereocenters. The molecule has 0 saturated heterocycles. The summed E-state index contributed by atoms with van der Waals surface area (Å²) in [4.78, 5) is 18.8. The molecule has 0 fully saturated rings. The molecular formula is C18H23N3O3. The first-order chi connectivity index (χ1) is 11.6. The van der Waals surface area contributed by atoms with Gasteiger partial charge in [0, 0.05) is 33.3 Å². The van der Waals surface area contributed by atoms with Crippen molar-refractivity contribution in [2.45, 2.75) is 0 Å². The molecule has 0 bridgehead atoms. The van der Waals surface area contributed by atoms with Crippen molar-refractivity contribution in [1.82, 2.24) is 10.3 Å². The summed E-state index contributed by atoms with van der Waals surface area (Å²) in [5.41, 5.74) is 2.16. The third-order valence-corrected chi connectivity index (χ3v) is 3.52. The van der Waals surface area contributed by atoms with Crippen LogP contribution in [-0.2, 0) is 4.74 Å². The highest BCUT2D eigenvalue weighted by atomic mass is 16.5. The molecular weight excluding hydrogens is 306 g/mol. The van der Waals surface area contributed by atoms with Crippen LogP contribution >= 0.6 is 0 Å². The predicted molar refractivity (Wildman–Crippen MR) is 94.8 cm³/mol. The third kappa shape index (κ3) is 4.02. The zero-order valence-electron chi connectivity index (χ0n) is 14.5. The Morgan fingerprint density at radius 1 is 1.17 bits per heavy atom. The monoisotopic (exact) mass is 329 g/mol. The number of ether oxygens (including phenoxy) is 2. The standard InChI is InChI=1S/C18H23N3O3/c1-21(2)17-14(18(22)19-11-12-23-3)9-10-15(20-17)13-7-5-6-8-16(13)24-4/h5-10H,11-12H2,1-4H3,(H,19,22). The zero-order valence-corrected chi connectivity index (χ0v) is 14.5. The van der Waals surface area contributed by atoms with Gasteiger partial charge in [0.25, 0.3) is 5.91 Å². The molecule has 2 aromatic rings. The van der Waals surface area contributed by atoms with Crippen LogP contribution in [0.1, 0.15) is 10.4 Å². The van der Waals surface area contributed by atoms with E-state index in [0.29, 0.717) is 24.5 Å². The molecule has 24 heavy (non-hydrogen) atoms. The van der Waals surface area contributed by atoms with Gasteiger partial charge in [-0.2, -0.15) is 0 Å². The molecule has 0 aliphatic rings. The Balaban J connectivity index is 2.38. The van der Waals surface area contributed by atoms with Crippen molar-refractivity contribution in [2.75, 3.05) is 46.4 Å². The normalized spacial score (nSPS) is 10.3. The molecule has 6 nitrogen and oxygen atoms in total. The molecule has 0 aliphatic carbocycles. The number of para-hydroxylation sites is 1. The lowest BCUT2D eigenvalue weighted by Crippen LogP contribution is -2.29. The topological polar surface area (TPSA) is 63.7 Å². The number of hydrogen-bond acceptors (Lipinski definition) is 5. The second-order valence-corrected chi connectivity index (χ2v) is 5.41. The lowest BCUT2D eigenvalue weighted by molar-refractivity contribution is 0.0937. The van der Waals surface area contributed by atoms with Gasteiger partial charge in [0.1, 0.15) is 11.6 Å². The van der Waals surface area contributed by atoms with Crippen molar-refractivity contribution in [3.05, 3.63) is 42.0 Å². The van der Waals surface area contributed by atoms with Gasteiger partial charge in [-0.05, 0) is 24.3 Å². The van der Waals surface area contributed by atoms with E-state index in [1.165, 1.54) is 0 Å². The summed E-state index contributed by atoms with van der Waals surface area (Å²) in [7, 11) is 6.95. The van der Waals surface area contributed by atoms with Crippen LogP contribution in [0.15, 0.2) is 36.4 Å². The first-order valence-corrected chi connectivity index (χ1v) is 7.67. The SMILES string of the molecule is COCCNC(=O)c1ccc(-c2ccccc2OC)nc1N(C)C. The van der Waals surface area contributed by atoms with E-state index in [-0.39, 0.29) is 5.91 Å². The molecule has 0 atom stereocenters. The van der Waals surface area contributed by atoms with Crippen LogP contribution in [0.25, 0.3) is 11.3 Å². The first kappa shape index (κ1) is 17.7. The van der Waals surface area contributed by atoms with E-state index in [0.717, 1.165) is 17.0 Å². The number of anilines is 1. The van der Waals surface area contributed by atoms with Crippen LogP contribution in [0.4, 0.5) is 5.82 Å². The highest BCUT2D eigenvalue weighted by Crippen LogP contribution is 2.30. The first-order valence-electron chi connectivity index (χ1n) is 7.67. The summed E-state index contributed by atoms with van der Waals surface area (Å²) in [5.74, 6) is 1.18. The van der Waals surface area contributed by atoms with Gasteiger partial charge in [0.05, 0.1) is 25.0 Å². The number of carbonyl (C=O) groups is 1. The zero-order chi connectivity index (χ0) is 17.5. The molecule has 0 spiro atoms. The number of benzene rings is 1. The van der Waals surface area contributed by atoms with E-state index in [4.69, 9.17) is 9.47 Å². The Hall–Kier alpha value is -2.60. The second kappa shape index (κ2) is 8.31. The maximum absolute atomic E-state index is 12.4. The molecule has 6 heteroatoms. The van der Waals surface area contributed by atoms with Gasteiger partial charge in [0.2, 0.25) is 0 Å². The van der Waals surface area contributed by atoms with E-state index in [1.54, 1.807) is 20.3 Å². The van der Waals surface area contributed by atoms with Crippen LogP contribution in [0.2, 0.25) is 0 Å². The fraction of sp³-hybridized carbons (Fsp3) is 0.333. The van der Waals surface area contributed by atoms with Crippen LogP contribution in [0, 0.1) is 0 Å². The summed E-state index contributed by atoms with van der Waals surface area (Å²) in [6.45, 7) is 0.923. The number of hydrogen-bond donors (Lipinski definition) is 1. The molecule has 1 aromatic carbocycles. The van der Waals surface area contributed by atoms with Crippen molar-refractivity contribution >= 4 is 11.7 Å². The van der Waals surface area contributed by atoms with Crippen molar-refractivity contribution in [3.8, 4) is 17.0 Å². The van der Waals surface area contributed by atoms with E-state index < -0.39 is 0 Å². The van der Waals surface area contributed by atoms with Crippen molar-refractivity contribution in [2.24, 2.45) is 0 Å². The largest absolute Gasteiger partial charge is 0.496 e. The van der Waals surface area contributed by atoms with E-state index in [9.17, 15) is 4.79 Å². The average Bonchev–Trinajstić information content (AvgIpc) is 2.61. The number of methoxy groups -OCH3 is 2. The Bertz CT molecular complexity index is 702. The highest BCUT2D eigenvalue weighted by Gasteiger charge is 2.16. The lowest BCUT2D eigenvalue weighted by Gasteiger charge is -2.18. The summed E-state index contributed by atoms with van der Waals surface area (Å²) >= 11 is 0. The summed E-state index contributed by atoms with van der Waals surface area (Å²) in [5, 5.41) is 2.82. The number of amides is 1. The highest BCUT2D eigenvalue weighted by molar-refractivity contribution is 5.99. The molecule has 1 heterocycles. The molecule has 1 amide bonds. The Labute approximate surface area is 142 Å². The van der Waals surface area contributed by atoms with Crippen LogP contribution < -0.4 is 15.0 Å². The van der Waals surface area contributed by atoms with Gasteiger partial charge in [0.15, 0.2) is 0 Å². The third-order valence-electron chi connectivity index (χ3n) is 3.52. The van der Waals surface area contributed by atoms with Gasteiger partial charge < -0.3 is 19.7 Å². The number of nitrogens with zero attached hydrogens (tertiary/aromatic N) is 2. The van der Waals surface area contributed by atoms with Gasteiger partial charge in [-0.15, -0.1) is 0 Å². The fourth-order valence-corrected chi connectivity index (χ4v) is 2.33. The van der Waals surface area contributed by atoms with Crippen molar-refractivity contribution in [3.63, 3.8) is 0 Å². The summed E-state index contributed by atoms with van der Waals surface area (Å²) in [6.07, 6.45) is 0. The van der Waals surface area contributed by atoms with Gasteiger partial charge in [-0.3, -0.25) is 4.79 Å². The molecule has 0 radical (unpaired) electrons. The van der Waals surface area contributed by atoms with Gasteiger partial charge in [-0.1, -0.05) is 12.1 Å². The predicted octanol–water partition coefficient (Wildman–Crippen LogP) is 2.20. The smallest absolute Gasteiger partial charge is 0.255 e. The number of carbonyl (C=O) groups excluding carboxylic acids is 1. The van der Waals surface area contributed by atoms with E-state index in [2.05, 4.69) is 10.3 Å². The van der Waals surface area contributed by atoms with Gasteiger partial charge in [-0.25, -0.2) is 4.98 Å². The van der Waals surface area contributed by atoms with E-state index >= 15 is 0 Å². The Morgan fingerprint density at radius 2 is 1.92 bits per heavy atom. The van der Waals surface area contributed by atoms with Crippen LogP contribution in [-0.4, -0.2) is 52.4 Å². The lowest BCUT2D eigenvalue weighted by atomic mass is 10.1. The van der Waals surface area contributed by atoms with Crippen LogP contribution in [0.5, 0.6) is 5.75 Å². The molecule has 1 N–H and O–H groups in total. The minimum absolute atomic E-state index is 0.171.